The summed E-state index contributed by atoms with van der Waals surface area (Å²) >= 11 is 0. The average molecular weight is 173 g/mol. The summed E-state index contributed by atoms with van der Waals surface area (Å²) in [5.74, 6) is -0.702. The van der Waals surface area contributed by atoms with Gasteiger partial charge in [0.15, 0.2) is 0 Å². The largest absolute Gasteiger partial charge is 0.481 e. The molecule has 0 amide bonds. The maximum atomic E-state index is 10.3. The van der Waals surface area contributed by atoms with Crippen LogP contribution in [0, 0.1) is 0 Å². The minimum atomic E-state index is -0.702. The summed E-state index contributed by atoms with van der Waals surface area (Å²) in [6, 6.07) is 0. The molecule has 1 N–H and O–H groups in total. The molecule has 0 fully saturated rings. The Morgan fingerprint density at radius 3 is 2.00 bits per heavy atom. The molecule has 0 aliphatic heterocycles. The molecule has 0 heterocycles. The van der Waals surface area contributed by atoms with E-state index in [0.29, 0.717) is 6.54 Å². The van der Waals surface area contributed by atoms with Gasteiger partial charge >= 0.3 is 5.97 Å². The Bertz CT molecular complexity index is 120. The first-order valence-corrected chi connectivity index (χ1v) is 4.64. The second-order valence-corrected chi connectivity index (χ2v) is 2.99. The van der Waals surface area contributed by atoms with E-state index in [1.165, 1.54) is 0 Å². The SMILES string of the molecule is CCCN(CCC)CCC(=O)O. The van der Waals surface area contributed by atoms with Gasteiger partial charge in [-0.15, -0.1) is 0 Å². The molecular formula is C9H19NO2. The van der Waals surface area contributed by atoms with Crippen molar-refractivity contribution < 1.29 is 9.90 Å². The van der Waals surface area contributed by atoms with Crippen LogP contribution in [0.3, 0.4) is 0 Å². The van der Waals surface area contributed by atoms with Gasteiger partial charge in [0.1, 0.15) is 0 Å². The lowest BCUT2D eigenvalue weighted by molar-refractivity contribution is -0.137. The van der Waals surface area contributed by atoms with E-state index in [4.69, 9.17) is 5.11 Å². The van der Waals surface area contributed by atoms with E-state index in [2.05, 4.69) is 18.7 Å². The molecule has 0 atom stereocenters. The Morgan fingerprint density at radius 1 is 1.17 bits per heavy atom. The molecule has 3 heteroatoms. The molecular weight excluding hydrogens is 154 g/mol. The summed E-state index contributed by atoms with van der Waals surface area (Å²) in [6.45, 7) is 6.95. The molecule has 0 bridgehead atoms. The lowest BCUT2D eigenvalue weighted by Gasteiger charge is -2.19. The lowest BCUT2D eigenvalue weighted by Crippen LogP contribution is -2.27. The van der Waals surface area contributed by atoms with Crippen LogP contribution in [0.15, 0.2) is 0 Å². The molecule has 0 aromatic heterocycles. The highest BCUT2D eigenvalue weighted by molar-refractivity contribution is 5.66. The van der Waals surface area contributed by atoms with Gasteiger partial charge in [-0.1, -0.05) is 13.8 Å². The number of hydrogen-bond acceptors (Lipinski definition) is 2. The summed E-state index contributed by atoms with van der Waals surface area (Å²) < 4.78 is 0. The highest BCUT2D eigenvalue weighted by Crippen LogP contribution is 1.95. The van der Waals surface area contributed by atoms with E-state index in [9.17, 15) is 4.79 Å². The number of rotatable bonds is 7. The van der Waals surface area contributed by atoms with E-state index < -0.39 is 5.97 Å². The summed E-state index contributed by atoms with van der Waals surface area (Å²) in [7, 11) is 0. The molecule has 72 valence electrons. The third-order valence-corrected chi connectivity index (χ3v) is 1.72. The quantitative estimate of drug-likeness (QED) is 0.635. The second kappa shape index (κ2) is 7.10. The van der Waals surface area contributed by atoms with Gasteiger partial charge in [-0.3, -0.25) is 4.79 Å². The monoisotopic (exact) mass is 173 g/mol. The smallest absolute Gasteiger partial charge is 0.304 e. The number of carbonyl (C=O) groups is 1. The van der Waals surface area contributed by atoms with Gasteiger partial charge in [0.05, 0.1) is 6.42 Å². The van der Waals surface area contributed by atoms with Crippen molar-refractivity contribution in [3.8, 4) is 0 Å². The average Bonchev–Trinajstić information content (AvgIpc) is 2.01. The number of hydrogen-bond donors (Lipinski definition) is 1. The van der Waals surface area contributed by atoms with Crippen LogP contribution in [0.4, 0.5) is 0 Å². The predicted octanol–water partition coefficient (Wildman–Crippen LogP) is 1.58. The van der Waals surface area contributed by atoms with Crippen molar-refractivity contribution in [2.75, 3.05) is 19.6 Å². The molecule has 0 saturated heterocycles. The molecule has 0 aromatic rings. The van der Waals surface area contributed by atoms with Gasteiger partial charge in [0.25, 0.3) is 0 Å². The highest BCUT2D eigenvalue weighted by atomic mass is 16.4. The van der Waals surface area contributed by atoms with Gasteiger partial charge in [-0.2, -0.15) is 0 Å². The van der Waals surface area contributed by atoms with Crippen LogP contribution in [0.2, 0.25) is 0 Å². The Hall–Kier alpha value is -0.570. The van der Waals surface area contributed by atoms with E-state index in [-0.39, 0.29) is 6.42 Å². The Balaban J connectivity index is 3.54. The third-order valence-electron chi connectivity index (χ3n) is 1.72. The molecule has 0 unspecified atom stereocenters. The predicted molar refractivity (Wildman–Crippen MR) is 49.3 cm³/mol. The zero-order chi connectivity index (χ0) is 9.40. The van der Waals surface area contributed by atoms with E-state index in [0.717, 1.165) is 25.9 Å². The first kappa shape index (κ1) is 11.4. The highest BCUT2D eigenvalue weighted by Gasteiger charge is 2.04. The molecule has 3 nitrogen and oxygen atoms in total. The van der Waals surface area contributed by atoms with Crippen molar-refractivity contribution in [2.45, 2.75) is 33.1 Å². The van der Waals surface area contributed by atoms with E-state index >= 15 is 0 Å². The van der Waals surface area contributed by atoms with Crippen LogP contribution in [-0.4, -0.2) is 35.6 Å². The van der Waals surface area contributed by atoms with Crippen molar-refractivity contribution in [1.29, 1.82) is 0 Å². The van der Waals surface area contributed by atoms with Crippen molar-refractivity contribution in [2.24, 2.45) is 0 Å². The lowest BCUT2D eigenvalue weighted by atomic mass is 10.3. The Labute approximate surface area is 74.4 Å². The molecule has 0 aliphatic carbocycles. The van der Waals surface area contributed by atoms with Gasteiger partial charge in [0.2, 0.25) is 0 Å². The summed E-state index contributed by atoms with van der Waals surface area (Å²) in [5.41, 5.74) is 0. The number of carboxylic acid groups (broad SMARTS) is 1. The molecule has 0 rings (SSSR count). The number of nitrogens with zero attached hydrogens (tertiary/aromatic N) is 1. The summed E-state index contributed by atoms with van der Waals surface area (Å²) in [5, 5.41) is 8.47. The van der Waals surface area contributed by atoms with E-state index in [1.54, 1.807) is 0 Å². The van der Waals surface area contributed by atoms with Crippen LogP contribution in [0.1, 0.15) is 33.1 Å². The first-order valence-electron chi connectivity index (χ1n) is 4.64. The van der Waals surface area contributed by atoms with Crippen molar-refractivity contribution in [3.63, 3.8) is 0 Å². The van der Waals surface area contributed by atoms with Crippen LogP contribution in [0.25, 0.3) is 0 Å². The third kappa shape index (κ3) is 6.16. The standard InChI is InChI=1S/C9H19NO2/c1-3-6-10(7-4-2)8-5-9(11)12/h3-8H2,1-2H3,(H,11,12). The van der Waals surface area contributed by atoms with Gasteiger partial charge in [0, 0.05) is 6.54 Å². The topological polar surface area (TPSA) is 40.5 Å². The fourth-order valence-corrected chi connectivity index (χ4v) is 1.22. The summed E-state index contributed by atoms with van der Waals surface area (Å²) in [6.07, 6.45) is 2.46. The zero-order valence-corrected chi connectivity index (χ0v) is 8.05. The van der Waals surface area contributed by atoms with Gasteiger partial charge < -0.3 is 10.0 Å². The molecule has 0 aromatic carbocycles. The normalized spacial score (nSPS) is 10.6. The van der Waals surface area contributed by atoms with Crippen LogP contribution < -0.4 is 0 Å². The maximum absolute atomic E-state index is 10.3. The zero-order valence-electron chi connectivity index (χ0n) is 8.05. The molecule has 0 aliphatic rings. The second-order valence-electron chi connectivity index (χ2n) is 2.99. The van der Waals surface area contributed by atoms with E-state index in [1.807, 2.05) is 0 Å². The Kier molecular flexibility index (Phi) is 6.76. The fourth-order valence-electron chi connectivity index (χ4n) is 1.22. The molecule has 0 saturated carbocycles. The Morgan fingerprint density at radius 2 is 1.67 bits per heavy atom. The van der Waals surface area contributed by atoms with Crippen LogP contribution in [0.5, 0.6) is 0 Å². The molecule has 12 heavy (non-hydrogen) atoms. The summed E-state index contributed by atoms with van der Waals surface area (Å²) in [4.78, 5) is 12.5. The maximum Gasteiger partial charge on any atom is 0.304 e. The number of carboxylic acids is 1. The van der Waals surface area contributed by atoms with Crippen molar-refractivity contribution in [1.82, 2.24) is 4.90 Å². The molecule has 0 spiro atoms. The minimum absolute atomic E-state index is 0.264. The van der Waals surface area contributed by atoms with Crippen LogP contribution in [-0.2, 0) is 4.79 Å². The van der Waals surface area contributed by atoms with Crippen molar-refractivity contribution >= 4 is 5.97 Å². The number of aliphatic carboxylic acids is 1. The minimum Gasteiger partial charge on any atom is -0.481 e. The molecule has 0 radical (unpaired) electrons. The van der Waals surface area contributed by atoms with Crippen molar-refractivity contribution in [3.05, 3.63) is 0 Å². The van der Waals surface area contributed by atoms with Crippen LogP contribution >= 0.6 is 0 Å². The van der Waals surface area contributed by atoms with Gasteiger partial charge in [-0.05, 0) is 25.9 Å². The van der Waals surface area contributed by atoms with Gasteiger partial charge in [-0.25, -0.2) is 0 Å². The fraction of sp³-hybridized carbons (Fsp3) is 0.889. The first-order chi connectivity index (χ1) is 5.70.